The van der Waals surface area contributed by atoms with Crippen LogP contribution in [0.3, 0.4) is 0 Å². The van der Waals surface area contributed by atoms with Crippen molar-refractivity contribution < 1.29 is 9.53 Å². The number of pyridine rings is 1. The molecule has 0 bridgehead atoms. The van der Waals surface area contributed by atoms with Gasteiger partial charge in [-0.25, -0.2) is 4.79 Å². The maximum atomic E-state index is 11.3. The Bertz CT molecular complexity index is 411. The van der Waals surface area contributed by atoms with Crippen LogP contribution >= 0.6 is 0 Å². The van der Waals surface area contributed by atoms with Crippen molar-refractivity contribution in [2.24, 2.45) is 5.92 Å². The summed E-state index contributed by atoms with van der Waals surface area (Å²) in [5, 5.41) is 0. The van der Waals surface area contributed by atoms with Crippen LogP contribution in [-0.4, -0.2) is 36.6 Å². The largest absolute Gasteiger partial charge is 0.465 e. The van der Waals surface area contributed by atoms with Gasteiger partial charge in [0, 0.05) is 19.3 Å². The first-order chi connectivity index (χ1) is 9.19. The van der Waals surface area contributed by atoms with Gasteiger partial charge < -0.3 is 9.64 Å². The second kappa shape index (κ2) is 6.66. The molecule has 4 heteroatoms. The predicted molar refractivity (Wildman–Crippen MR) is 73.9 cm³/mol. The molecule has 0 saturated heterocycles. The fourth-order valence-electron chi connectivity index (χ4n) is 2.73. The number of aromatic nitrogens is 1. The van der Waals surface area contributed by atoms with Crippen LogP contribution in [0.2, 0.25) is 0 Å². The lowest BCUT2D eigenvalue weighted by Crippen LogP contribution is -2.24. The van der Waals surface area contributed by atoms with Crippen molar-refractivity contribution in [3.05, 3.63) is 29.6 Å². The topological polar surface area (TPSA) is 42.4 Å². The van der Waals surface area contributed by atoms with Crippen LogP contribution in [0.15, 0.2) is 18.3 Å². The van der Waals surface area contributed by atoms with Crippen molar-refractivity contribution in [3.8, 4) is 0 Å². The zero-order chi connectivity index (χ0) is 13.7. The fourth-order valence-corrected chi connectivity index (χ4v) is 2.73. The molecule has 0 aliphatic heterocycles. The van der Waals surface area contributed by atoms with E-state index in [2.05, 4.69) is 21.7 Å². The van der Waals surface area contributed by atoms with Gasteiger partial charge in [0.1, 0.15) is 0 Å². The number of hydrogen-bond donors (Lipinski definition) is 0. The van der Waals surface area contributed by atoms with Crippen LogP contribution in [0.25, 0.3) is 0 Å². The normalized spacial score (nSPS) is 15.9. The SMILES string of the molecule is COC(=O)c1ccc(CN(C)CC2CCCC2)nc1. The lowest BCUT2D eigenvalue weighted by atomic mass is 10.1. The highest BCUT2D eigenvalue weighted by atomic mass is 16.5. The molecule has 0 radical (unpaired) electrons. The van der Waals surface area contributed by atoms with E-state index in [4.69, 9.17) is 0 Å². The first-order valence-electron chi connectivity index (χ1n) is 6.91. The third-order valence-corrected chi connectivity index (χ3v) is 3.72. The summed E-state index contributed by atoms with van der Waals surface area (Å²) in [6, 6.07) is 3.68. The highest BCUT2D eigenvalue weighted by Crippen LogP contribution is 2.25. The molecule has 1 aliphatic carbocycles. The number of carbonyl (C=O) groups excluding carboxylic acids is 1. The molecule has 1 saturated carbocycles. The minimum absolute atomic E-state index is 0.335. The van der Waals surface area contributed by atoms with Gasteiger partial charge in [-0.2, -0.15) is 0 Å². The van der Waals surface area contributed by atoms with Gasteiger partial charge in [-0.3, -0.25) is 4.98 Å². The summed E-state index contributed by atoms with van der Waals surface area (Å²) in [5.41, 5.74) is 1.50. The molecular weight excluding hydrogens is 240 g/mol. The highest BCUT2D eigenvalue weighted by molar-refractivity contribution is 5.88. The molecule has 19 heavy (non-hydrogen) atoms. The van der Waals surface area contributed by atoms with E-state index in [0.717, 1.165) is 24.7 Å². The molecule has 1 heterocycles. The maximum Gasteiger partial charge on any atom is 0.339 e. The maximum absolute atomic E-state index is 11.3. The lowest BCUT2D eigenvalue weighted by Gasteiger charge is -2.20. The minimum atomic E-state index is -0.335. The van der Waals surface area contributed by atoms with Gasteiger partial charge in [-0.15, -0.1) is 0 Å². The van der Waals surface area contributed by atoms with E-state index in [9.17, 15) is 4.79 Å². The van der Waals surface area contributed by atoms with Gasteiger partial charge in [0.2, 0.25) is 0 Å². The van der Waals surface area contributed by atoms with Gasteiger partial charge >= 0.3 is 5.97 Å². The molecule has 0 aromatic carbocycles. The molecule has 1 fully saturated rings. The quantitative estimate of drug-likeness (QED) is 0.765. The second-order valence-electron chi connectivity index (χ2n) is 5.38. The molecule has 0 unspecified atom stereocenters. The smallest absolute Gasteiger partial charge is 0.339 e. The Balaban J connectivity index is 1.86. The van der Waals surface area contributed by atoms with Crippen molar-refractivity contribution in [2.75, 3.05) is 20.7 Å². The molecular formula is C15H22N2O2. The third-order valence-electron chi connectivity index (χ3n) is 3.72. The fraction of sp³-hybridized carbons (Fsp3) is 0.600. The van der Waals surface area contributed by atoms with Crippen LogP contribution in [-0.2, 0) is 11.3 Å². The molecule has 0 amide bonds. The number of methoxy groups -OCH3 is 1. The summed E-state index contributed by atoms with van der Waals surface area (Å²) in [6.07, 6.45) is 7.07. The number of hydrogen-bond acceptors (Lipinski definition) is 4. The highest BCUT2D eigenvalue weighted by Gasteiger charge is 2.17. The molecule has 1 aromatic rings. The number of rotatable bonds is 5. The van der Waals surface area contributed by atoms with Crippen LogP contribution in [0.1, 0.15) is 41.7 Å². The Kier molecular flexibility index (Phi) is 4.91. The molecule has 0 N–H and O–H groups in total. The number of nitrogens with zero attached hydrogens (tertiary/aromatic N) is 2. The molecule has 0 spiro atoms. The van der Waals surface area contributed by atoms with Crippen LogP contribution < -0.4 is 0 Å². The van der Waals surface area contributed by atoms with Gasteiger partial charge in [-0.1, -0.05) is 12.8 Å². The average molecular weight is 262 g/mol. The van der Waals surface area contributed by atoms with Crippen molar-refractivity contribution >= 4 is 5.97 Å². The standard InChI is InChI=1S/C15H22N2O2/c1-17(10-12-5-3-4-6-12)11-14-8-7-13(9-16-14)15(18)19-2/h7-9,12H,3-6,10-11H2,1-2H3. The van der Waals surface area contributed by atoms with E-state index in [0.29, 0.717) is 5.56 Å². The van der Waals surface area contributed by atoms with Crippen LogP contribution in [0.4, 0.5) is 0 Å². The van der Waals surface area contributed by atoms with E-state index < -0.39 is 0 Å². The van der Waals surface area contributed by atoms with Crippen molar-refractivity contribution in [1.82, 2.24) is 9.88 Å². The molecule has 4 nitrogen and oxygen atoms in total. The molecule has 0 atom stereocenters. The van der Waals surface area contributed by atoms with Crippen molar-refractivity contribution in [3.63, 3.8) is 0 Å². The zero-order valence-electron chi connectivity index (χ0n) is 11.8. The van der Waals surface area contributed by atoms with E-state index in [1.165, 1.54) is 32.8 Å². The summed E-state index contributed by atoms with van der Waals surface area (Å²) in [6.45, 7) is 1.97. The van der Waals surface area contributed by atoms with E-state index >= 15 is 0 Å². The van der Waals surface area contributed by atoms with E-state index in [1.54, 1.807) is 12.3 Å². The molecule has 1 aliphatic rings. The molecule has 1 aromatic heterocycles. The number of ether oxygens (including phenoxy) is 1. The monoisotopic (exact) mass is 262 g/mol. The minimum Gasteiger partial charge on any atom is -0.465 e. The Hall–Kier alpha value is -1.42. The summed E-state index contributed by atoms with van der Waals surface area (Å²) < 4.78 is 4.66. The Morgan fingerprint density at radius 2 is 2.16 bits per heavy atom. The summed E-state index contributed by atoms with van der Waals surface area (Å²) >= 11 is 0. The predicted octanol–water partition coefficient (Wildman–Crippen LogP) is 2.49. The Labute approximate surface area is 114 Å². The van der Waals surface area contributed by atoms with Gasteiger partial charge in [-0.05, 0) is 37.9 Å². The average Bonchev–Trinajstić information content (AvgIpc) is 2.91. The first-order valence-corrected chi connectivity index (χ1v) is 6.91. The van der Waals surface area contributed by atoms with Gasteiger partial charge in [0.15, 0.2) is 0 Å². The Morgan fingerprint density at radius 3 is 2.74 bits per heavy atom. The van der Waals surface area contributed by atoms with E-state index in [1.807, 2.05) is 6.07 Å². The van der Waals surface area contributed by atoms with E-state index in [-0.39, 0.29) is 5.97 Å². The second-order valence-corrected chi connectivity index (χ2v) is 5.38. The third kappa shape index (κ3) is 4.03. The first kappa shape index (κ1) is 14.0. The van der Waals surface area contributed by atoms with Crippen LogP contribution in [0.5, 0.6) is 0 Å². The summed E-state index contributed by atoms with van der Waals surface area (Å²) in [4.78, 5) is 17.9. The van der Waals surface area contributed by atoms with Gasteiger partial charge in [0.25, 0.3) is 0 Å². The molecule has 104 valence electrons. The summed E-state index contributed by atoms with van der Waals surface area (Å²) in [7, 11) is 3.51. The molecule has 2 rings (SSSR count). The number of esters is 1. The van der Waals surface area contributed by atoms with Gasteiger partial charge in [0.05, 0.1) is 18.4 Å². The van der Waals surface area contributed by atoms with Crippen LogP contribution in [0, 0.1) is 5.92 Å². The number of carbonyl (C=O) groups is 1. The summed E-state index contributed by atoms with van der Waals surface area (Å²) in [5.74, 6) is 0.512. The van der Waals surface area contributed by atoms with Crippen molar-refractivity contribution in [2.45, 2.75) is 32.2 Å². The Morgan fingerprint density at radius 1 is 1.42 bits per heavy atom. The zero-order valence-corrected chi connectivity index (χ0v) is 11.8. The van der Waals surface area contributed by atoms with Crippen molar-refractivity contribution in [1.29, 1.82) is 0 Å². The lowest BCUT2D eigenvalue weighted by molar-refractivity contribution is 0.0600.